The maximum absolute atomic E-state index is 13.3. The van der Waals surface area contributed by atoms with Gasteiger partial charge in [0.15, 0.2) is 0 Å². The average Bonchev–Trinajstić information content (AvgIpc) is 3.32. The van der Waals surface area contributed by atoms with Crippen molar-refractivity contribution in [2.75, 3.05) is 25.1 Å². The number of esters is 2. The van der Waals surface area contributed by atoms with Crippen LogP contribution in [0.3, 0.4) is 0 Å². The number of carbonyl (C=O) groups is 3. The fourth-order valence-electron chi connectivity index (χ4n) is 4.32. The lowest BCUT2D eigenvalue weighted by atomic mass is 9.98. The number of urea groups is 1. The number of hydrogen-bond donors (Lipinski definition) is 2. The zero-order valence-electron chi connectivity index (χ0n) is 19.1. The van der Waals surface area contributed by atoms with Gasteiger partial charge in [-0.1, -0.05) is 18.2 Å². The number of amides is 2. The number of fused-ring (bicyclic) bond motifs is 3. The highest BCUT2D eigenvalue weighted by atomic mass is 32.1. The van der Waals surface area contributed by atoms with Gasteiger partial charge >= 0.3 is 18.0 Å². The molecule has 2 N–H and O–H groups in total. The Morgan fingerprint density at radius 2 is 1.85 bits per heavy atom. The van der Waals surface area contributed by atoms with E-state index in [0.29, 0.717) is 12.1 Å². The van der Waals surface area contributed by atoms with Crippen LogP contribution in [-0.4, -0.2) is 47.6 Å². The summed E-state index contributed by atoms with van der Waals surface area (Å²) in [6, 6.07) is 7.59. The lowest BCUT2D eigenvalue weighted by Crippen LogP contribution is -2.41. The summed E-state index contributed by atoms with van der Waals surface area (Å²) in [5.41, 5.74) is 3.92. The average molecular weight is 470 g/mol. The molecule has 0 bridgehead atoms. The first-order valence-electron chi connectivity index (χ1n) is 11.0. The van der Waals surface area contributed by atoms with Crippen molar-refractivity contribution in [2.45, 2.75) is 40.2 Å². The van der Waals surface area contributed by atoms with Crippen LogP contribution in [0.15, 0.2) is 24.3 Å². The summed E-state index contributed by atoms with van der Waals surface area (Å²) in [6.45, 7) is 7.98. The van der Waals surface area contributed by atoms with Crippen molar-refractivity contribution < 1.29 is 23.9 Å². The van der Waals surface area contributed by atoms with E-state index in [0.717, 1.165) is 29.0 Å². The third-order valence-electron chi connectivity index (χ3n) is 5.90. The van der Waals surface area contributed by atoms with Crippen molar-refractivity contribution in [3.05, 3.63) is 51.5 Å². The fraction of sp³-hybridized carbons (Fsp3) is 0.375. The summed E-state index contributed by atoms with van der Waals surface area (Å²) in [4.78, 5) is 43.8. The van der Waals surface area contributed by atoms with E-state index in [2.05, 4.69) is 16.4 Å². The minimum Gasteiger partial charge on any atom is -0.462 e. The molecule has 3 heterocycles. The molecule has 1 aliphatic heterocycles. The number of thiophene rings is 1. The van der Waals surface area contributed by atoms with Gasteiger partial charge in [0, 0.05) is 23.1 Å². The number of para-hydroxylation sites is 1. The highest BCUT2D eigenvalue weighted by Crippen LogP contribution is 2.37. The van der Waals surface area contributed by atoms with E-state index >= 15 is 0 Å². The molecule has 2 aromatic heterocycles. The molecule has 0 fully saturated rings. The Balaban J connectivity index is 1.63. The second kappa shape index (κ2) is 9.27. The number of carbonyl (C=O) groups excluding carboxylic acids is 3. The molecule has 1 unspecified atom stereocenters. The van der Waals surface area contributed by atoms with E-state index in [4.69, 9.17) is 9.47 Å². The number of benzene rings is 1. The summed E-state index contributed by atoms with van der Waals surface area (Å²) in [7, 11) is 0. The SMILES string of the molecule is CCOC(=O)c1sc(NC(=O)N2CCc3c([nH]c4ccccc34)C2C)c(C(=O)OCC)c1C. The summed E-state index contributed by atoms with van der Waals surface area (Å²) < 4.78 is 10.3. The predicted molar refractivity (Wildman–Crippen MR) is 127 cm³/mol. The van der Waals surface area contributed by atoms with E-state index in [1.54, 1.807) is 25.7 Å². The molecular weight excluding hydrogens is 442 g/mol. The molecule has 1 aromatic carbocycles. The van der Waals surface area contributed by atoms with Crippen LogP contribution in [-0.2, 0) is 15.9 Å². The summed E-state index contributed by atoms with van der Waals surface area (Å²) in [6.07, 6.45) is 0.722. The fourth-order valence-corrected chi connectivity index (χ4v) is 5.40. The number of rotatable bonds is 5. The Morgan fingerprint density at radius 1 is 1.15 bits per heavy atom. The van der Waals surface area contributed by atoms with Gasteiger partial charge in [0.1, 0.15) is 9.88 Å². The molecule has 174 valence electrons. The van der Waals surface area contributed by atoms with Gasteiger partial charge in [-0.15, -0.1) is 11.3 Å². The third kappa shape index (κ3) is 4.08. The van der Waals surface area contributed by atoms with Crippen molar-refractivity contribution in [2.24, 2.45) is 0 Å². The van der Waals surface area contributed by atoms with Crippen LogP contribution in [0.2, 0.25) is 0 Å². The van der Waals surface area contributed by atoms with Gasteiger partial charge < -0.3 is 19.4 Å². The molecule has 33 heavy (non-hydrogen) atoms. The highest BCUT2D eigenvalue weighted by Gasteiger charge is 2.33. The van der Waals surface area contributed by atoms with E-state index in [-0.39, 0.29) is 40.7 Å². The van der Waals surface area contributed by atoms with Crippen LogP contribution in [0.5, 0.6) is 0 Å². The topological polar surface area (TPSA) is 101 Å². The number of hydrogen-bond acceptors (Lipinski definition) is 6. The van der Waals surface area contributed by atoms with Crippen LogP contribution < -0.4 is 5.32 Å². The molecule has 3 aromatic rings. The molecule has 1 aliphatic rings. The summed E-state index contributed by atoms with van der Waals surface area (Å²) in [5, 5.41) is 4.32. The minimum absolute atomic E-state index is 0.183. The van der Waals surface area contributed by atoms with Gasteiger partial charge in [0.2, 0.25) is 0 Å². The lowest BCUT2D eigenvalue weighted by molar-refractivity contribution is 0.0527. The number of anilines is 1. The van der Waals surface area contributed by atoms with E-state index in [1.807, 2.05) is 25.1 Å². The number of aromatic amines is 1. The normalized spacial score (nSPS) is 15.3. The number of ether oxygens (including phenoxy) is 2. The van der Waals surface area contributed by atoms with Crippen molar-refractivity contribution in [1.82, 2.24) is 9.88 Å². The summed E-state index contributed by atoms with van der Waals surface area (Å²) >= 11 is 1.03. The van der Waals surface area contributed by atoms with Crippen LogP contribution >= 0.6 is 11.3 Å². The molecule has 2 amide bonds. The third-order valence-corrected chi connectivity index (χ3v) is 7.09. The highest BCUT2D eigenvalue weighted by molar-refractivity contribution is 7.18. The molecule has 0 spiro atoms. The molecule has 0 saturated carbocycles. The van der Waals surface area contributed by atoms with E-state index in [1.165, 1.54) is 10.9 Å². The number of H-pyrrole nitrogens is 1. The monoisotopic (exact) mass is 469 g/mol. The first-order valence-corrected chi connectivity index (χ1v) is 11.8. The molecule has 1 atom stereocenters. The lowest BCUT2D eigenvalue weighted by Gasteiger charge is -2.33. The second-order valence-electron chi connectivity index (χ2n) is 7.81. The Bertz CT molecular complexity index is 1230. The van der Waals surface area contributed by atoms with Crippen molar-refractivity contribution in [1.29, 1.82) is 0 Å². The van der Waals surface area contributed by atoms with Crippen molar-refractivity contribution >= 4 is 45.2 Å². The van der Waals surface area contributed by atoms with Crippen LogP contribution in [0, 0.1) is 6.92 Å². The van der Waals surface area contributed by atoms with Crippen LogP contribution in [0.1, 0.15) is 63.7 Å². The van der Waals surface area contributed by atoms with Crippen LogP contribution in [0.25, 0.3) is 10.9 Å². The standard InChI is InChI=1S/C24H27N3O5S/c1-5-31-22(28)18-13(3)20(23(29)32-6-2)33-21(18)26-24(30)27-12-11-16-15-9-7-8-10-17(15)25-19(16)14(27)4/h7-10,14,25H,5-6,11-12H2,1-4H3,(H,26,30). The maximum Gasteiger partial charge on any atom is 0.348 e. The molecule has 0 saturated heterocycles. The minimum atomic E-state index is -0.582. The molecule has 9 heteroatoms. The zero-order chi connectivity index (χ0) is 23.7. The van der Waals surface area contributed by atoms with Gasteiger partial charge in [-0.3, -0.25) is 5.32 Å². The Morgan fingerprint density at radius 3 is 2.58 bits per heavy atom. The van der Waals surface area contributed by atoms with Gasteiger partial charge in [-0.05, 0) is 51.3 Å². The van der Waals surface area contributed by atoms with Crippen molar-refractivity contribution in [3.63, 3.8) is 0 Å². The maximum atomic E-state index is 13.3. The predicted octanol–water partition coefficient (Wildman–Crippen LogP) is 5.04. The van der Waals surface area contributed by atoms with E-state index in [9.17, 15) is 14.4 Å². The molecule has 0 radical (unpaired) electrons. The number of nitrogens with zero attached hydrogens (tertiary/aromatic N) is 1. The smallest absolute Gasteiger partial charge is 0.348 e. The second-order valence-corrected chi connectivity index (χ2v) is 8.83. The zero-order valence-corrected chi connectivity index (χ0v) is 19.9. The molecule has 4 rings (SSSR count). The first-order chi connectivity index (χ1) is 15.9. The van der Waals surface area contributed by atoms with Gasteiger partial charge in [-0.2, -0.15) is 0 Å². The molecular formula is C24H27N3O5S. The Hall–Kier alpha value is -3.33. The quantitative estimate of drug-likeness (QED) is 0.510. The first kappa shape index (κ1) is 22.8. The Kier molecular flexibility index (Phi) is 6.42. The summed E-state index contributed by atoms with van der Waals surface area (Å²) in [5.74, 6) is -1.11. The van der Waals surface area contributed by atoms with Crippen molar-refractivity contribution in [3.8, 4) is 0 Å². The van der Waals surface area contributed by atoms with Crippen LogP contribution in [0.4, 0.5) is 9.80 Å². The Labute approximate surface area is 195 Å². The van der Waals surface area contributed by atoms with E-state index < -0.39 is 11.9 Å². The van der Waals surface area contributed by atoms with Gasteiger partial charge in [0.25, 0.3) is 0 Å². The number of aromatic nitrogens is 1. The van der Waals surface area contributed by atoms with Gasteiger partial charge in [-0.25, -0.2) is 14.4 Å². The molecule has 8 nitrogen and oxygen atoms in total. The number of nitrogens with one attached hydrogen (secondary N) is 2. The largest absolute Gasteiger partial charge is 0.462 e. The van der Waals surface area contributed by atoms with Gasteiger partial charge in [0.05, 0.1) is 24.8 Å². The molecule has 0 aliphatic carbocycles.